The lowest BCUT2D eigenvalue weighted by molar-refractivity contribution is 0.0606. The topological polar surface area (TPSA) is 100 Å². The summed E-state index contributed by atoms with van der Waals surface area (Å²) in [6.07, 6.45) is 2.70. The number of rotatable bonds is 3. The number of methoxy groups -OCH3 is 1. The van der Waals surface area contributed by atoms with E-state index in [0.717, 1.165) is 11.3 Å². The molecule has 7 nitrogen and oxygen atoms in total. The molecular weight excluding hydrogens is 280 g/mol. The monoisotopic (exact) mass is 286 g/mol. The van der Waals surface area contributed by atoms with Crippen molar-refractivity contribution in [3.05, 3.63) is 28.0 Å². The minimum absolute atomic E-state index is 0.0259. The summed E-state index contributed by atoms with van der Waals surface area (Å²) in [7, 11) is 1.25. The van der Waals surface area contributed by atoms with E-state index in [9.17, 15) is 9.59 Å². The van der Waals surface area contributed by atoms with E-state index < -0.39 is 11.9 Å². The molecule has 0 aliphatic heterocycles. The maximum atomic E-state index is 11.4. The van der Waals surface area contributed by atoms with Crippen molar-refractivity contribution in [2.24, 2.45) is 5.73 Å². The second-order valence-electron chi connectivity index (χ2n) is 3.15. The number of carbonyl (C=O) groups excluding carboxylic acids is 2. The molecule has 0 bridgehead atoms. The van der Waals surface area contributed by atoms with Gasteiger partial charge in [0.1, 0.15) is 0 Å². The van der Waals surface area contributed by atoms with Crippen LogP contribution in [0.2, 0.25) is 5.15 Å². The van der Waals surface area contributed by atoms with Crippen LogP contribution in [0.15, 0.2) is 12.4 Å². The Morgan fingerprint density at radius 2 is 2.28 bits per heavy atom. The molecule has 9 heteroatoms. The normalized spacial score (nSPS) is 10.3. The third-order valence-electron chi connectivity index (χ3n) is 2.01. The zero-order valence-electron chi connectivity index (χ0n) is 9.08. The van der Waals surface area contributed by atoms with Crippen LogP contribution in [-0.2, 0) is 4.74 Å². The van der Waals surface area contributed by atoms with Gasteiger partial charge in [-0.1, -0.05) is 22.9 Å². The zero-order chi connectivity index (χ0) is 13.3. The van der Waals surface area contributed by atoms with Crippen LogP contribution >= 0.6 is 22.9 Å². The molecule has 1 amide bonds. The summed E-state index contributed by atoms with van der Waals surface area (Å²) in [6, 6.07) is 0. The Bertz CT molecular complexity index is 621. The predicted octanol–water partition coefficient (Wildman–Crippen LogP) is 0.868. The molecule has 18 heavy (non-hydrogen) atoms. The highest BCUT2D eigenvalue weighted by Gasteiger charge is 2.19. The Labute approximate surface area is 110 Å². The minimum Gasteiger partial charge on any atom is -0.465 e. The number of amides is 1. The number of ether oxygens (including phenoxy) is 1. The highest BCUT2D eigenvalue weighted by molar-refractivity contribution is 7.16. The SMILES string of the molecule is COC(=O)c1sc(-n2cc(C(N)=O)cn2)nc1Cl. The number of hydrogen-bond acceptors (Lipinski definition) is 6. The lowest BCUT2D eigenvalue weighted by Gasteiger charge is -1.93. The summed E-state index contributed by atoms with van der Waals surface area (Å²) in [6.45, 7) is 0. The number of thiazole rings is 1. The molecule has 0 aliphatic rings. The summed E-state index contributed by atoms with van der Waals surface area (Å²) >= 11 is 6.80. The molecular formula is C9H7ClN4O3S. The number of hydrogen-bond donors (Lipinski definition) is 1. The number of nitrogens with two attached hydrogens (primary N) is 1. The van der Waals surface area contributed by atoms with E-state index in [-0.39, 0.29) is 15.6 Å². The molecule has 94 valence electrons. The van der Waals surface area contributed by atoms with Gasteiger partial charge >= 0.3 is 5.97 Å². The van der Waals surface area contributed by atoms with E-state index in [2.05, 4.69) is 14.8 Å². The molecule has 0 saturated heterocycles. The fraction of sp³-hybridized carbons (Fsp3) is 0.111. The lowest BCUT2D eigenvalue weighted by Crippen LogP contribution is -2.09. The van der Waals surface area contributed by atoms with Gasteiger partial charge in [-0.2, -0.15) is 5.10 Å². The van der Waals surface area contributed by atoms with Crippen LogP contribution in [0.5, 0.6) is 0 Å². The highest BCUT2D eigenvalue weighted by atomic mass is 35.5. The average Bonchev–Trinajstić information content (AvgIpc) is 2.94. The first-order chi connectivity index (χ1) is 8.52. The summed E-state index contributed by atoms with van der Waals surface area (Å²) < 4.78 is 5.86. The number of aromatic nitrogens is 3. The number of carbonyl (C=O) groups is 2. The molecule has 0 atom stereocenters. The molecule has 2 aromatic heterocycles. The molecule has 0 radical (unpaired) electrons. The lowest BCUT2D eigenvalue weighted by atomic mass is 10.4. The van der Waals surface area contributed by atoms with Gasteiger partial charge in [0.05, 0.1) is 18.9 Å². The Balaban J connectivity index is 2.39. The fourth-order valence-corrected chi connectivity index (χ4v) is 2.29. The van der Waals surface area contributed by atoms with E-state index in [1.165, 1.54) is 24.2 Å². The molecule has 0 spiro atoms. The standard InChI is InChI=1S/C9H7ClN4O3S/c1-17-8(16)5-6(10)13-9(18-5)14-3-4(2-12-14)7(11)15/h2-3H,1H3,(H2,11,15). The molecule has 0 saturated carbocycles. The van der Waals surface area contributed by atoms with E-state index in [1.807, 2.05) is 0 Å². The smallest absolute Gasteiger partial charge is 0.351 e. The van der Waals surface area contributed by atoms with Crippen LogP contribution in [0.1, 0.15) is 20.0 Å². The number of nitrogens with zero attached hydrogens (tertiary/aromatic N) is 3. The number of primary amides is 1. The maximum Gasteiger partial charge on any atom is 0.351 e. The zero-order valence-corrected chi connectivity index (χ0v) is 10.7. The maximum absolute atomic E-state index is 11.4. The van der Waals surface area contributed by atoms with E-state index in [1.54, 1.807) is 0 Å². The first-order valence-electron chi connectivity index (χ1n) is 4.62. The van der Waals surface area contributed by atoms with Gasteiger partial charge in [0, 0.05) is 6.20 Å². The Morgan fingerprint density at radius 3 is 2.83 bits per heavy atom. The molecule has 2 N–H and O–H groups in total. The molecule has 0 aliphatic carbocycles. The van der Waals surface area contributed by atoms with Crippen molar-refractivity contribution in [1.82, 2.24) is 14.8 Å². The first kappa shape index (κ1) is 12.5. The van der Waals surface area contributed by atoms with Gasteiger partial charge in [0.15, 0.2) is 10.0 Å². The van der Waals surface area contributed by atoms with Crippen LogP contribution in [0.3, 0.4) is 0 Å². The minimum atomic E-state index is -0.600. The summed E-state index contributed by atoms with van der Waals surface area (Å²) in [5, 5.41) is 4.27. The van der Waals surface area contributed by atoms with Crippen molar-refractivity contribution in [3.8, 4) is 5.13 Å². The molecule has 2 rings (SSSR count). The predicted molar refractivity (Wildman–Crippen MR) is 64.1 cm³/mol. The number of halogens is 1. The van der Waals surface area contributed by atoms with Gasteiger partial charge in [-0.3, -0.25) is 4.79 Å². The van der Waals surface area contributed by atoms with Gasteiger partial charge in [0.25, 0.3) is 5.91 Å². The third kappa shape index (κ3) is 2.20. The quantitative estimate of drug-likeness (QED) is 0.844. The molecule has 2 heterocycles. The number of esters is 1. The van der Waals surface area contributed by atoms with Crippen molar-refractivity contribution >= 4 is 34.8 Å². The van der Waals surface area contributed by atoms with Crippen LogP contribution in [-0.4, -0.2) is 33.8 Å². The summed E-state index contributed by atoms with van der Waals surface area (Å²) in [5.41, 5.74) is 5.34. The van der Waals surface area contributed by atoms with Gasteiger partial charge in [-0.25, -0.2) is 14.5 Å². The van der Waals surface area contributed by atoms with E-state index in [0.29, 0.717) is 5.13 Å². The van der Waals surface area contributed by atoms with Gasteiger partial charge in [-0.15, -0.1) is 0 Å². The summed E-state index contributed by atoms with van der Waals surface area (Å²) in [4.78, 5) is 26.4. The van der Waals surface area contributed by atoms with Crippen LogP contribution in [0.25, 0.3) is 5.13 Å². The van der Waals surface area contributed by atoms with Gasteiger partial charge < -0.3 is 10.5 Å². The Morgan fingerprint density at radius 1 is 1.56 bits per heavy atom. The third-order valence-corrected chi connectivity index (χ3v) is 3.42. The van der Waals surface area contributed by atoms with Gasteiger partial charge in [0.2, 0.25) is 5.13 Å². The van der Waals surface area contributed by atoms with E-state index >= 15 is 0 Å². The average molecular weight is 287 g/mol. The fourth-order valence-electron chi connectivity index (χ4n) is 1.16. The largest absolute Gasteiger partial charge is 0.465 e. The van der Waals surface area contributed by atoms with E-state index in [4.69, 9.17) is 17.3 Å². The Hall–Kier alpha value is -1.93. The first-order valence-corrected chi connectivity index (χ1v) is 5.82. The van der Waals surface area contributed by atoms with Crippen LogP contribution < -0.4 is 5.73 Å². The van der Waals surface area contributed by atoms with Crippen LogP contribution in [0, 0.1) is 0 Å². The molecule has 0 aromatic carbocycles. The second kappa shape index (κ2) is 4.75. The highest BCUT2D eigenvalue weighted by Crippen LogP contribution is 2.26. The molecule has 0 unspecified atom stereocenters. The van der Waals surface area contributed by atoms with Crippen molar-refractivity contribution < 1.29 is 14.3 Å². The van der Waals surface area contributed by atoms with Crippen molar-refractivity contribution in [1.29, 1.82) is 0 Å². The second-order valence-corrected chi connectivity index (χ2v) is 4.48. The van der Waals surface area contributed by atoms with Gasteiger partial charge in [-0.05, 0) is 0 Å². The van der Waals surface area contributed by atoms with Crippen LogP contribution in [0.4, 0.5) is 0 Å². The van der Waals surface area contributed by atoms with Crippen molar-refractivity contribution in [2.75, 3.05) is 7.11 Å². The summed E-state index contributed by atoms with van der Waals surface area (Å²) in [5.74, 6) is -1.18. The Kier molecular flexibility index (Phi) is 3.30. The van der Waals surface area contributed by atoms with Crippen molar-refractivity contribution in [3.63, 3.8) is 0 Å². The molecule has 0 fully saturated rings. The van der Waals surface area contributed by atoms with Crippen molar-refractivity contribution in [2.45, 2.75) is 0 Å². The molecule has 2 aromatic rings.